The summed E-state index contributed by atoms with van der Waals surface area (Å²) in [4.78, 5) is 0. The summed E-state index contributed by atoms with van der Waals surface area (Å²) in [7, 11) is 1.69. The van der Waals surface area contributed by atoms with Crippen LogP contribution in [0.15, 0.2) is 0 Å². The molecule has 14 heavy (non-hydrogen) atoms. The second kappa shape index (κ2) is 5.10. The maximum absolute atomic E-state index is 9.63. The van der Waals surface area contributed by atoms with E-state index < -0.39 is 6.10 Å². The van der Waals surface area contributed by atoms with Crippen molar-refractivity contribution in [2.45, 2.75) is 52.2 Å². The van der Waals surface area contributed by atoms with E-state index in [9.17, 15) is 5.11 Å². The van der Waals surface area contributed by atoms with Crippen LogP contribution in [-0.2, 0) is 4.74 Å². The molecule has 0 fully saturated rings. The average Bonchev–Trinajstić information content (AvgIpc) is 2.15. The Hall–Kier alpha value is -0.120. The molecule has 3 heteroatoms. The highest BCUT2D eigenvalue weighted by Crippen LogP contribution is 2.34. The number of methoxy groups -OCH3 is 1. The Morgan fingerprint density at radius 2 is 1.79 bits per heavy atom. The molecule has 0 aliphatic carbocycles. The lowest BCUT2D eigenvalue weighted by Gasteiger charge is -2.38. The molecule has 0 rings (SSSR count). The van der Waals surface area contributed by atoms with Crippen LogP contribution in [0.25, 0.3) is 0 Å². The van der Waals surface area contributed by atoms with Gasteiger partial charge < -0.3 is 14.9 Å². The minimum Gasteiger partial charge on any atom is -0.394 e. The van der Waals surface area contributed by atoms with E-state index in [1.165, 1.54) is 0 Å². The Labute approximate surface area is 87.1 Å². The van der Waals surface area contributed by atoms with Gasteiger partial charge in [0.05, 0.1) is 18.3 Å². The van der Waals surface area contributed by atoms with Crippen LogP contribution in [0.3, 0.4) is 0 Å². The van der Waals surface area contributed by atoms with Crippen molar-refractivity contribution >= 4 is 0 Å². The molecule has 2 atom stereocenters. The van der Waals surface area contributed by atoms with E-state index >= 15 is 0 Å². The summed E-state index contributed by atoms with van der Waals surface area (Å²) >= 11 is 0. The zero-order valence-corrected chi connectivity index (χ0v) is 10.0. The Bertz CT molecular complexity index is 162. The highest BCUT2D eigenvalue weighted by Gasteiger charge is 2.35. The van der Waals surface area contributed by atoms with Crippen LogP contribution in [0.4, 0.5) is 0 Å². The van der Waals surface area contributed by atoms with Crippen molar-refractivity contribution < 1.29 is 14.9 Å². The first-order chi connectivity index (χ1) is 6.31. The fourth-order valence-corrected chi connectivity index (χ4v) is 1.67. The van der Waals surface area contributed by atoms with Crippen molar-refractivity contribution in [2.24, 2.45) is 5.41 Å². The summed E-state index contributed by atoms with van der Waals surface area (Å²) in [5.74, 6) is 0. The molecule has 86 valence electrons. The van der Waals surface area contributed by atoms with Gasteiger partial charge in [-0.25, -0.2) is 0 Å². The van der Waals surface area contributed by atoms with Gasteiger partial charge in [-0.1, -0.05) is 20.8 Å². The van der Waals surface area contributed by atoms with Crippen molar-refractivity contribution in [3.8, 4) is 0 Å². The van der Waals surface area contributed by atoms with Crippen LogP contribution >= 0.6 is 0 Å². The first-order valence-electron chi connectivity index (χ1n) is 5.15. The maximum atomic E-state index is 9.63. The number of rotatable bonds is 6. The quantitative estimate of drug-likeness (QED) is 0.690. The summed E-state index contributed by atoms with van der Waals surface area (Å²) in [5, 5.41) is 18.6. The number of ether oxygens (including phenoxy) is 1. The number of aliphatic hydroxyl groups is 2. The molecule has 0 saturated heterocycles. The third-order valence-electron chi connectivity index (χ3n) is 3.15. The van der Waals surface area contributed by atoms with E-state index in [-0.39, 0.29) is 17.6 Å². The summed E-state index contributed by atoms with van der Waals surface area (Å²) in [5.41, 5.74) is -0.546. The normalized spacial score (nSPS) is 19.1. The molecule has 2 N–H and O–H groups in total. The molecule has 0 bridgehead atoms. The van der Waals surface area contributed by atoms with E-state index in [0.29, 0.717) is 0 Å². The van der Waals surface area contributed by atoms with Crippen LogP contribution in [-0.4, -0.2) is 35.6 Å². The molecular formula is C11H24O3. The third-order valence-corrected chi connectivity index (χ3v) is 3.15. The number of hydrogen-bond donors (Lipinski definition) is 2. The molecule has 0 aromatic heterocycles. The van der Waals surface area contributed by atoms with Crippen molar-refractivity contribution in [3.63, 3.8) is 0 Å². The van der Waals surface area contributed by atoms with Gasteiger partial charge in [-0.3, -0.25) is 0 Å². The molecule has 0 aromatic carbocycles. The van der Waals surface area contributed by atoms with E-state index in [1.54, 1.807) is 7.11 Å². The Balaban J connectivity index is 4.47. The van der Waals surface area contributed by atoms with Crippen LogP contribution < -0.4 is 0 Å². The zero-order chi connectivity index (χ0) is 11.4. The van der Waals surface area contributed by atoms with Crippen molar-refractivity contribution in [2.75, 3.05) is 13.7 Å². The van der Waals surface area contributed by atoms with E-state index in [4.69, 9.17) is 9.84 Å². The molecule has 0 aliphatic heterocycles. The molecule has 0 radical (unpaired) electrons. The lowest BCUT2D eigenvalue weighted by atomic mass is 9.76. The second-order valence-electron chi connectivity index (χ2n) is 4.87. The number of aliphatic hydroxyl groups excluding tert-OH is 2. The van der Waals surface area contributed by atoms with E-state index in [1.807, 2.05) is 20.8 Å². The largest absolute Gasteiger partial charge is 0.394 e. The monoisotopic (exact) mass is 204 g/mol. The lowest BCUT2D eigenvalue weighted by molar-refractivity contribution is -0.0747. The molecule has 2 unspecified atom stereocenters. The molecule has 0 heterocycles. The standard InChI is InChI=1S/C11H24O3/c1-6-11(4,14-5)8-10(2,3)9(13)7-12/h9,12-13H,6-8H2,1-5H3. The van der Waals surface area contributed by atoms with Gasteiger partial charge in [0.25, 0.3) is 0 Å². The number of hydrogen-bond acceptors (Lipinski definition) is 3. The molecule has 0 saturated carbocycles. The van der Waals surface area contributed by atoms with E-state index in [0.717, 1.165) is 12.8 Å². The average molecular weight is 204 g/mol. The van der Waals surface area contributed by atoms with Gasteiger partial charge in [-0.15, -0.1) is 0 Å². The van der Waals surface area contributed by atoms with Crippen molar-refractivity contribution in [1.29, 1.82) is 0 Å². The van der Waals surface area contributed by atoms with Gasteiger partial charge in [-0.05, 0) is 25.2 Å². The highest BCUT2D eigenvalue weighted by molar-refractivity contribution is 4.86. The second-order valence-corrected chi connectivity index (χ2v) is 4.87. The third kappa shape index (κ3) is 3.56. The summed E-state index contributed by atoms with van der Waals surface area (Å²) in [6.45, 7) is 7.78. The maximum Gasteiger partial charge on any atom is 0.0822 e. The fourth-order valence-electron chi connectivity index (χ4n) is 1.67. The molecule has 0 spiro atoms. The zero-order valence-electron chi connectivity index (χ0n) is 10.0. The Morgan fingerprint density at radius 3 is 2.07 bits per heavy atom. The SMILES string of the molecule is CCC(C)(CC(C)(C)C(O)CO)OC. The molecule has 0 aromatic rings. The minimum atomic E-state index is -0.691. The van der Waals surface area contributed by atoms with Crippen molar-refractivity contribution in [3.05, 3.63) is 0 Å². The Morgan fingerprint density at radius 1 is 1.29 bits per heavy atom. The van der Waals surface area contributed by atoms with Gasteiger partial charge in [-0.2, -0.15) is 0 Å². The van der Waals surface area contributed by atoms with Gasteiger partial charge in [0.1, 0.15) is 0 Å². The van der Waals surface area contributed by atoms with Crippen molar-refractivity contribution in [1.82, 2.24) is 0 Å². The predicted molar refractivity (Wildman–Crippen MR) is 57.2 cm³/mol. The lowest BCUT2D eigenvalue weighted by Crippen LogP contribution is -2.41. The van der Waals surface area contributed by atoms with Crippen LogP contribution in [0, 0.1) is 5.41 Å². The minimum absolute atomic E-state index is 0.198. The first-order valence-corrected chi connectivity index (χ1v) is 5.15. The van der Waals surface area contributed by atoms with Gasteiger partial charge in [0.15, 0.2) is 0 Å². The van der Waals surface area contributed by atoms with Crippen LogP contribution in [0.2, 0.25) is 0 Å². The molecule has 3 nitrogen and oxygen atoms in total. The fraction of sp³-hybridized carbons (Fsp3) is 1.00. The smallest absolute Gasteiger partial charge is 0.0822 e. The van der Waals surface area contributed by atoms with Gasteiger partial charge in [0, 0.05) is 7.11 Å². The first kappa shape index (κ1) is 13.9. The highest BCUT2D eigenvalue weighted by atomic mass is 16.5. The topological polar surface area (TPSA) is 49.7 Å². The molecule has 0 amide bonds. The van der Waals surface area contributed by atoms with Crippen LogP contribution in [0.5, 0.6) is 0 Å². The Kier molecular flexibility index (Phi) is 5.06. The molecule has 0 aliphatic rings. The van der Waals surface area contributed by atoms with Gasteiger partial charge in [0.2, 0.25) is 0 Å². The van der Waals surface area contributed by atoms with Crippen LogP contribution in [0.1, 0.15) is 40.5 Å². The summed E-state index contributed by atoms with van der Waals surface area (Å²) < 4.78 is 5.42. The predicted octanol–water partition coefficient (Wildman–Crippen LogP) is 1.57. The van der Waals surface area contributed by atoms with Gasteiger partial charge >= 0.3 is 0 Å². The summed E-state index contributed by atoms with van der Waals surface area (Å²) in [6, 6.07) is 0. The summed E-state index contributed by atoms with van der Waals surface area (Å²) in [6.07, 6.45) is 0.934. The van der Waals surface area contributed by atoms with E-state index in [2.05, 4.69) is 6.92 Å². The molecular weight excluding hydrogens is 180 g/mol.